The number of benzene rings is 3. The van der Waals surface area contributed by atoms with Crippen LogP contribution in [-0.4, -0.2) is 16.7 Å². The molecule has 0 radical (unpaired) electrons. The zero-order chi connectivity index (χ0) is 17.9. The molecule has 0 N–H and O–H groups in total. The van der Waals surface area contributed by atoms with Crippen molar-refractivity contribution < 1.29 is 4.74 Å². The number of aromatic nitrogens is 2. The summed E-state index contributed by atoms with van der Waals surface area (Å²) in [6, 6.07) is 24.2. The van der Waals surface area contributed by atoms with E-state index in [0.29, 0.717) is 13.0 Å². The van der Waals surface area contributed by atoms with Gasteiger partial charge in [0.15, 0.2) is 0 Å². The first kappa shape index (κ1) is 16.7. The Morgan fingerprint density at radius 1 is 0.885 bits per heavy atom. The number of methoxy groups -OCH3 is 1. The number of fused-ring (bicyclic) bond motifs is 1. The fourth-order valence-electron chi connectivity index (χ4n) is 3.25. The summed E-state index contributed by atoms with van der Waals surface area (Å²) in [6.45, 7) is 0.699. The molecule has 0 amide bonds. The van der Waals surface area contributed by atoms with Gasteiger partial charge in [-0.15, -0.1) is 0 Å². The van der Waals surface area contributed by atoms with Crippen LogP contribution in [0.4, 0.5) is 0 Å². The van der Waals surface area contributed by atoms with Gasteiger partial charge in [-0.1, -0.05) is 60.1 Å². The summed E-state index contributed by atoms with van der Waals surface area (Å²) in [5.41, 5.74) is 4.30. The molecule has 0 aliphatic rings. The first-order chi connectivity index (χ1) is 12.8. The van der Waals surface area contributed by atoms with E-state index in [9.17, 15) is 0 Å². The first-order valence-electron chi connectivity index (χ1n) is 8.55. The second-order valence-electron chi connectivity index (χ2n) is 6.18. The monoisotopic (exact) mass is 362 g/mol. The lowest BCUT2D eigenvalue weighted by Gasteiger charge is -2.13. The van der Waals surface area contributed by atoms with E-state index in [1.54, 1.807) is 7.11 Å². The molecule has 0 saturated heterocycles. The van der Waals surface area contributed by atoms with Crippen molar-refractivity contribution in [2.75, 3.05) is 7.11 Å². The summed E-state index contributed by atoms with van der Waals surface area (Å²) in [4.78, 5) is 4.86. The average Bonchev–Trinajstić information content (AvgIpc) is 3.01. The van der Waals surface area contributed by atoms with Gasteiger partial charge < -0.3 is 9.30 Å². The van der Waals surface area contributed by atoms with Gasteiger partial charge in [-0.3, -0.25) is 0 Å². The van der Waals surface area contributed by atoms with E-state index < -0.39 is 0 Å². The molecule has 0 unspecified atom stereocenters. The maximum atomic E-state index is 6.38. The number of hydrogen-bond donors (Lipinski definition) is 0. The van der Waals surface area contributed by atoms with Crippen molar-refractivity contribution in [1.82, 2.24) is 9.55 Å². The van der Waals surface area contributed by atoms with Crippen LogP contribution in [0.5, 0.6) is 5.75 Å². The minimum absolute atomic E-state index is 0.684. The number of rotatable bonds is 5. The van der Waals surface area contributed by atoms with Gasteiger partial charge in [-0.25, -0.2) is 4.98 Å². The molecule has 0 aliphatic carbocycles. The number of ether oxygens (including phenoxy) is 1. The highest BCUT2D eigenvalue weighted by Gasteiger charge is 2.14. The van der Waals surface area contributed by atoms with E-state index in [2.05, 4.69) is 22.8 Å². The predicted octanol–water partition coefficient (Wildman–Crippen LogP) is 5.34. The van der Waals surface area contributed by atoms with Gasteiger partial charge in [0, 0.05) is 17.0 Å². The maximum absolute atomic E-state index is 6.38. The molecule has 130 valence electrons. The van der Waals surface area contributed by atoms with Crippen LogP contribution in [0.15, 0.2) is 72.8 Å². The van der Waals surface area contributed by atoms with E-state index >= 15 is 0 Å². The molecule has 1 aromatic heterocycles. The third-order valence-corrected chi connectivity index (χ3v) is 4.93. The van der Waals surface area contributed by atoms with Crippen molar-refractivity contribution in [2.24, 2.45) is 0 Å². The van der Waals surface area contributed by atoms with Crippen LogP contribution < -0.4 is 4.74 Å². The fraction of sp³-hybridized carbons (Fsp3) is 0.136. The third kappa shape index (κ3) is 3.18. The van der Waals surface area contributed by atoms with Gasteiger partial charge >= 0.3 is 0 Å². The first-order valence-corrected chi connectivity index (χ1v) is 8.93. The quantitative estimate of drug-likeness (QED) is 0.479. The fourth-order valence-corrected chi connectivity index (χ4v) is 3.46. The predicted molar refractivity (Wildman–Crippen MR) is 106 cm³/mol. The lowest BCUT2D eigenvalue weighted by molar-refractivity contribution is 0.408. The van der Waals surface area contributed by atoms with E-state index in [1.807, 2.05) is 54.6 Å². The Balaban J connectivity index is 1.80. The van der Waals surface area contributed by atoms with Crippen LogP contribution in [-0.2, 0) is 13.0 Å². The summed E-state index contributed by atoms with van der Waals surface area (Å²) in [5.74, 6) is 1.87. The molecule has 3 nitrogen and oxygen atoms in total. The number of halogens is 1. The number of para-hydroxylation sites is 3. The van der Waals surface area contributed by atoms with Gasteiger partial charge in [0.25, 0.3) is 0 Å². The lowest BCUT2D eigenvalue weighted by Crippen LogP contribution is -2.07. The highest BCUT2D eigenvalue weighted by atomic mass is 35.5. The van der Waals surface area contributed by atoms with Crippen molar-refractivity contribution in [1.29, 1.82) is 0 Å². The van der Waals surface area contributed by atoms with Crippen LogP contribution in [0.2, 0.25) is 5.02 Å². The molecule has 0 bridgehead atoms. The second kappa shape index (κ2) is 7.22. The van der Waals surface area contributed by atoms with Crippen molar-refractivity contribution in [3.05, 3.63) is 94.8 Å². The molecule has 4 heteroatoms. The molecule has 4 rings (SSSR count). The Labute approximate surface area is 157 Å². The van der Waals surface area contributed by atoms with Gasteiger partial charge in [0.1, 0.15) is 11.6 Å². The molecule has 4 aromatic rings. The number of hydrogen-bond acceptors (Lipinski definition) is 2. The Kier molecular flexibility index (Phi) is 4.63. The Bertz CT molecular complexity index is 1050. The molecule has 0 fully saturated rings. The SMILES string of the molecule is COc1ccccc1Cn1c(Cc2ccccc2Cl)nc2ccccc21. The zero-order valence-electron chi connectivity index (χ0n) is 14.5. The largest absolute Gasteiger partial charge is 0.496 e. The van der Waals surface area contributed by atoms with E-state index in [0.717, 1.165) is 38.8 Å². The summed E-state index contributed by atoms with van der Waals surface area (Å²) in [5, 5.41) is 0.767. The molecule has 1 heterocycles. The van der Waals surface area contributed by atoms with Crippen LogP contribution in [0.3, 0.4) is 0 Å². The topological polar surface area (TPSA) is 27.1 Å². The number of nitrogens with zero attached hydrogens (tertiary/aromatic N) is 2. The molecule has 0 atom stereocenters. The lowest BCUT2D eigenvalue weighted by atomic mass is 10.1. The average molecular weight is 363 g/mol. The van der Waals surface area contributed by atoms with Crippen LogP contribution in [0.1, 0.15) is 17.0 Å². The van der Waals surface area contributed by atoms with E-state index in [-0.39, 0.29) is 0 Å². The van der Waals surface area contributed by atoms with Gasteiger partial charge in [-0.05, 0) is 29.8 Å². The summed E-state index contributed by atoms with van der Waals surface area (Å²) in [6.07, 6.45) is 0.684. The van der Waals surface area contributed by atoms with Crippen LogP contribution >= 0.6 is 11.6 Å². The zero-order valence-corrected chi connectivity index (χ0v) is 15.3. The highest BCUT2D eigenvalue weighted by molar-refractivity contribution is 6.31. The molecular formula is C22H19ClN2O. The Hall–Kier alpha value is -2.78. The summed E-state index contributed by atoms with van der Waals surface area (Å²) in [7, 11) is 1.70. The highest BCUT2D eigenvalue weighted by Crippen LogP contribution is 2.25. The minimum Gasteiger partial charge on any atom is -0.496 e. The van der Waals surface area contributed by atoms with Crippen molar-refractivity contribution in [3.8, 4) is 5.75 Å². The summed E-state index contributed by atoms with van der Waals surface area (Å²) < 4.78 is 7.78. The molecule has 0 aliphatic heterocycles. The number of imidazole rings is 1. The van der Waals surface area contributed by atoms with Crippen LogP contribution in [0, 0.1) is 0 Å². The smallest absolute Gasteiger partial charge is 0.123 e. The molecule has 0 saturated carbocycles. The van der Waals surface area contributed by atoms with Crippen molar-refractivity contribution in [2.45, 2.75) is 13.0 Å². The molecule has 0 spiro atoms. The summed E-state index contributed by atoms with van der Waals surface area (Å²) >= 11 is 6.38. The normalized spacial score (nSPS) is 11.0. The van der Waals surface area contributed by atoms with Gasteiger partial charge in [0.05, 0.1) is 24.7 Å². The second-order valence-corrected chi connectivity index (χ2v) is 6.59. The van der Waals surface area contributed by atoms with E-state index in [1.165, 1.54) is 0 Å². The molecular weight excluding hydrogens is 344 g/mol. The molecule has 3 aromatic carbocycles. The minimum atomic E-state index is 0.684. The van der Waals surface area contributed by atoms with Gasteiger partial charge in [-0.2, -0.15) is 0 Å². The van der Waals surface area contributed by atoms with Crippen LogP contribution in [0.25, 0.3) is 11.0 Å². The third-order valence-electron chi connectivity index (χ3n) is 4.56. The standard InChI is InChI=1S/C22H19ClN2O/c1-26-21-13-7-3-9-17(21)15-25-20-12-6-5-11-19(20)24-22(25)14-16-8-2-4-10-18(16)23/h2-13H,14-15H2,1H3. The van der Waals surface area contributed by atoms with Gasteiger partial charge in [0.2, 0.25) is 0 Å². The Morgan fingerprint density at radius 3 is 2.38 bits per heavy atom. The van der Waals surface area contributed by atoms with Crippen molar-refractivity contribution >= 4 is 22.6 Å². The van der Waals surface area contributed by atoms with E-state index in [4.69, 9.17) is 21.3 Å². The molecule has 26 heavy (non-hydrogen) atoms. The Morgan fingerprint density at radius 2 is 1.58 bits per heavy atom. The van der Waals surface area contributed by atoms with Crippen molar-refractivity contribution in [3.63, 3.8) is 0 Å². The maximum Gasteiger partial charge on any atom is 0.123 e.